The second-order valence-electron chi connectivity index (χ2n) is 6.38. The van der Waals surface area contributed by atoms with Crippen LogP contribution in [0.5, 0.6) is 11.5 Å². The number of amides is 1. The summed E-state index contributed by atoms with van der Waals surface area (Å²) in [5, 5.41) is 11.5. The molecule has 150 valence electrons. The number of nitrogens with one attached hydrogen (secondary N) is 1. The molecule has 0 unspecified atom stereocenters. The molecule has 0 fully saturated rings. The average Bonchev–Trinajstić information content (AvgIpc) is 3.34. The van der Waals surface area contributed by atoms with Gasteiger partial charge in [-0.2, -0.15) is 0 Å². The van der Waals surface area contributed by atoms with E-state index in [-0.39, 0.29) is 18.5 Å². The maximum absolute atomic E-state index is 13.6. The van der Waals surface area contributed by atoms with Gasteiger partial charge in [0.1, 0.15) is 5.82 Å². The lowest BCUT2D eigenvalue weighted by Crippen LogP contribution is -2.22. The molecular formula is C20H19FN4O3S. The highest BCUT2D eigenvalue weighted by Crippen LogP contribution is 2.34. The zero-order valence-corrected chi connectivity index (χ0v) is 16.7. The van der Waals surface area contributed by atoms with Crippen LogP contribution in [0.15, 0.2) is 47.6 Å². The average molecular weight is 414 g/mol. The monoisotopic (exact) mass is 414 g/mol. The number of benzene rings is 2. The van der Waals surface area contributed by atoms with E-state index >= 15 is 0 Å². The Hall–Kier alpha value is -3.07. The fourth-order valence-corrected chi connectivity index (χ4v) is 3.84. The van der Waals surface area contributed by atoms with E-state index in [9.17, 15) is 9.18 Å². The number of hydrogen-bond acceptors (Lipinski definition) is 6. The molecule has 3 aromatic rings. The van der Waals surface area contributed by atoms with Crippen molar-refractivity contribution in [2.24, 2.45) is 0 Å². The molecule has 7 nitrogen and oxygen atoms in total. The first kappa shape index (κ1) is 19.3. The third-order valence-corrected chi connectivity index (χ3v) is 5.49. The van der Waals surface area contributed by atoms with Crippen molar-refractivity contribution < 1.29 is 18.7 Å². The number of aromatic nitrogens is 3. The maximum atomic E-state index is 13.6. The Bertz CT molecular complexity index is 1060. The largest absolute Gasteiger partial charge is 0.454 e. The fraction of sp³-hybridized carbons (Fsp3) is 0.250. The van der Waals surface area contributed by atoms with Crippen molar-refractivity contribution in [2.45, 2.75) is 30.8 Å². The van der Waals surface area contributed by atoms with Gasteiger partial charge in [-0.15, -0.1) is 10.2 Å². The highest BCUT2D eigenvalue weighted by Gasteiger charge is 2.21. The lowest BCUT2D eigenvalue weighted by atomic mass is 10.2. The van der Waals surface area contributed by atoms with Crippen LogP contribution in [0, 0.1) is 5.82 Å². The number of halogens is 1. The number of thioether (sulfide) groups is 1. The van der Waals surface area contributed by atoms with Gasteiger partial charge in [0.15, 0.2) is 22.5 Å². The molecule has 4 rings (SSSR count). The minimum absolute atomic E-state index is 0.174. The van der Waals surface area contributed by atoms with Crippen LogP contribution in [0.4, 0.5) is 10.1 Å². The Balaban J connectivity index is 1.48. The minimum atomic E-state index is -0.421. The summed E-state index contributed by atoms with van der Waals surface area (Å²) in [6.45, 7) is 4.52. The summed E-state index contributed by atoms with van der Waals surface area (Å²) >= 11 is 1.29. The number of carbonyl (C=O) groups excluding carboxylic acids is 1. The van der Waals surface area contributed by atoms with E-state index in [1.165, 1.54) is 23.9 Å². The molecule has 1 aromatic heterocycles. The molecule has 0 spiro atoms. The Morgan fingerprint density at radius 3 is 2.86 bits per heavy atom. The van der Waals surface area contributed by atoms with E-state index in [1.807, 2.05) is 11.5 Å². The summed E-state index contributed by atoms with van der Waals surface area (Å²) < 4.78 is 26.0. The zero-order valence-electron chi connectivity index (χ0n) is 15.9. The zero-order chi connectivity index (χ0) is 20.4. The van der Waals surface area contributed by atoms with E-state index in [0.717, 1.165) is 0 Å². The van der Waals surface area contributed by atoms with Crippen LogP contribution in [0.25, 0.3) is 11.4 Å². The summed E-state index contributed by atoms with van der Waals surface area (Å²) in [7, 11) is 0. The van der Waals surface area contributed by atoms with Gasteiger partial charge >= 0.3 is 0 Å². The number of anilines is 1. The topological polar surface area (TPSA) is 78.3 Å². The van der Waals surface area contributed by atoms with Gasteiger partial charge in [0.2, 0.25) is 12.7 Å². The normalized spacial score (nSPS) is 13.3. The Kier molecular flexibility index (Phi) is 5.39. The number of hydrogen-bond donors (Lipinski definition) is 1. The minimum Gasteiger partial charge on any atom is -0.454 e. The summed E-state index contributed by atoms with van der Waals surface area (Å²) in [5.74, 6) is 1.32. The van der Waals surface area contributed by atoms with Gasteiger partial charge in [-0.05, 0) is 38.1 Å². The van der Waals surface area contributed by atoms with E-state index in [2.05, 4.69) is 15.5 Å². The molecule has 0 radical (unpaired) electrons. The molecule has 2 heterocycles. The second kappa shape index (κ2) is 8.12. The van der Waals surface area contributed by atoms with Gasteiger partial charge in [0.25, 0.3) is 0 Å². The quantitative estimate of drug-likeness (QED) is 0.616. The van der Waals surface area contributed by atoms with Crippen LogP contribution in [0.2, 0.25) is 0 Å². The van der Waals surface area contributed by atoms with Crippen molar-refractivity contribution in [2.75, 3.05) is 12.1 Å². The van der Waals surface area contributed by atoms with E-state index < -0.39 is 5.25 Å². The van der Waals surface area contributed by atoms with Crippen LogP contribution in [-0.2, 0) is 11.3 Å². The standard InChI is InChI=1S/C20H19FN4O3S/c1-3-25-18(13-5-4-6-14(21)9-13)23-24-20(25)29-12(2)19(26)22-15-7-8-16-17(10-15)28-11-27-16/h4-10,12H,3,11H2,1-2H3,(H,22,26)/t12-/m1/s1. The van der Waals surface area contributed by atoms with E-state index in [4.69, 9.17) is 9.47 Å². The van der Waals surface area contributed by atoms with Gasteiger partial charge in [-0.25, -0.2) is 4.39 Å². The summed E-state index contributed by atoms with van der Waals surface area (Å²) in [4.78, 5) is 12.6. The van der Waals surface area contributed by atoms with Gasteiger partial charge in [0.05, 0.1) is 5.25 Å². The Morgan fingerprint density at radius 1 is 1.24 bits per heavy atom. The first-order chi connectivity index (χ1) is 14.0. The van der Waals surface area contributed by atoms with Crippen molar-refractivity contribution in [3.63, 3.8) is 0 Å². The third kappa shape index (κ3) is 4.04. The maximum Gasteiger partial charge on any atom is 0.237 e. The first-order valence-corrected chi connectivity index (χ1v) is 9.99. The van der Waals surface area contributed by atoms with Crippen molar-refractivity contribution in [1.82, 2.24) is 14.8 Å². The van der Waals surface area contributed by atoms with Crippen LogP contribution in [0.3, 0.4) is 0 Å². The number of carbonyl (C=O) groups is 1. The first-order valence-electron chi connectivity index (χ1n) is 9.11. The molecule has 0 saturated carbocycles. The SMILES string of the molecule is CCn1c(S[C@H](C)C(=O)Nc2ccc3c(c2)OCO3)nnc1-c1cccc(F)c1. The predicted molar refractivity (Wildman–Crippen MR) is 108 cm³/mol. The molecule has 29 heavy (non-hydrogen) atoms. The molecule has 1 N–H and O–H groups in total. The Labute approximate surface area is 171 Å². The van der Waals surface area contributed by atoms with Gasteiger partial charge in [-0.1, -0.05) is 23.9 Å². The van der Waals surface area contributed by atoms with Crippen molar-refractivity contribution in [3.8, 4) is 22.9 Å². The van der Waals surface area contributed by atoms with Gasteiger partial charge in [-0.3, -0.25) is 4.79 Å². The molecule has 1 amide bonds. The third-order valence-electron chi connectivity index (χ3n) is 4.41. The van der Waals surface area contributed by atoms with Crippen molar-refractivity contribution >= 4 is 23.4 Å². The Morgan fingerprint density at radius 2 is 2.07 bits per heavy atom. The molecular weight excluding hydrogens is 395 g/mol. The molecule has 2 aromatic carbocycles. The van der Waals surface area contributed by atoms with Crippen LogP contribution in [-0.4, -0.2) is 32.7 Å². The molecule has 1 aliphatic rings. The van der Waals surface area contributed by atoms with Gasteiger partial charge < -0.3 is 19.4 Å². The van der Waals surface area contributed by atoms with Gasteiger partial charge in [0, 0.05) is 23.9 Å². The molecule has 0 aliphatic carbocycles. The van der Waals surface area contributed by atoms with Crippen molar-refractivity contribution in [3.05, 3.63) is 48.3 Å². The molecule has 9 heteroatoms. The molecule has 1 atom stereocenters. The summed E-state index contributed by atoms with van der Waals surface area (Å²) in [6, 6.07) is 11.5. The number of nitrogens with zero attached hydrogens (tertiary/aromatic N) is 3. The molecule has 1 aliphatic heterocycles. The predicted octanol–water partition coefficient (Wildman–Crippen LogP) is 3.95. The van der Waals surface area contributed by atoms with E-state index in [0.29, 0.717) is 40.3 Å². The molecule has 0 bridgehead atoms. The lowest BCUT2D eigenvalue weighted by molar-refractivity contribution is -0.115. The van der Waals surface area contributed by atoms with Crippen LogP contribution in [0.1, 0.15) is 13.8 Å². The summed E-state index contributed by atoms with van der Waals surface area (Å²) in [5.41, 5.74) is 1.27. The number of rotatable bonds is 6. The molecule has 0 saturated heterocycles. The second-order valence-corrected chi connectivity index (χ2v) is 7.69. The highest BCUT2D eigenvalue weighted by molar-refractivity contribution is 8.00. The van der Waals surface area contributed by atoms with E-state index in [1.54, 1.807) is 37.3 Å². The number of fused-ring (bicyclic) bond motifs is 1. The highest BCUT2D eigenvalue weighted by atomic mass is 32.2. The fourth-order valence-electron chi connectivity index (χ4n) is 2.93. The van der Waals surface area contributed by atoms with Crippen molar-refractivity contribution in [1.29, 1.82) is 0 Å². The lowest BCUT2D eigenvalue weighted by Gasteiger charge is -2.13. The van der Waals surface area contributed by atoms with Crippen LogP contribution >= 0.6 is 11.8 Å². The number of ether oxygens (including phenoxy) is 2. The summed E-state index contributed by atoms with van der Waals surface area (Å²) in [6.07, 6.45) is 0. The van der Waals surface area contributed by atoms with Crippen LogP contribution < -0.4 is 14.8 Å². The smallest absolute Gasteiger partial charge is 0.237 e.